The number of piperazine rings is 1. The van der Waals surface area contributed by atoms with E-state index in [2.05, 4.69) is 44.3 Å². The molecule has 146 valence electrons. The minimum atomic E-state index is -0.0271. The van der Waals surface area contributed by atoms with Crippen LogP contribution < -0.4 is 10.2 Å². The highest BCUT2D eigenvalue weighted by atomic mass is 32.1. The normalized spacial score (nSPS) is 15.1. The number of nitrogens with one attached hydrogen (secondary N) is 1. The molecule has 1 fully saturated rings. The van der Waals surface area contributed by atoms with Crippen molar-refractivity contribution in [2.45, 2.75) is 13.3 Å². The molecule has 28 heavy (non-hydrogen) atoms. The number of benzene rings is 1. The molecule has 7 heteroatoms. The minimum absolute atomic E-state index is 0.0271. The van der Waals surface area contributed by atoms with E-state index in [1.165, 1.54) is 16.9 Å². The first-order valence-corrected chi connectivity index (χ1v) is 10.4. The number of thiophene rings is 1. The van der Waals surface area contributed by atoms with Crippen LogP contribution in [0.4, 0.5) is 5.82 Å². The third-order valence-electron chi connectivity index (χ3n) is 5.26. The second-order valence-electron chi connectivity index (χ2n) is 7.22. The molecule has 1 N–H and O–H groups in total. The van der Waals surface area contributed by atoms with E-state index in [1.54, 1.807) is 6.33 Å². The first-order valence-electron chi connectivity index (χ1n) is 9.63. The highest BCUT2D eigenvalue weighted by molar-refractivity contribution is 7.20. The molecule has 0 bridgehead atoms. The third-order valence-corrected chi connectivity index (χ3v) is 6.46. The molecule has 3 heterocycles. The van der Waals surface area contributed by atoms with Gasteiger partial charge in [-0.25, -0.2) is 9.97 Å². The number of anilines is 1. The maximum atomic E-state index is 12.8. The van der Waals surface area contributed by atoms with E-state index in [0.717, 1.165) is 59.1 Å². The van der Waals surface area contributed by atoms with Gasteiger partial charge in [-0.15, -0.1) is 11.3 Å². The molecule has 1 amide bonds. The minimum Gasteiger partial charge on any atom is -0.353 e. The van der Waals surface area contributed by atoms with Gasteiger partial charge in [0.05, 0.1) is 10.3 Å². The fourth-order valence-corrected chi connectivity index (χ4v) is 4.63. The van der Waals surface area contributed by atoms with Crippen LogP contribution in [-0.2, 0) is 6.42 Å². The first kappa shape index (κ1) is 18.8. The summed E-state index contributed by atoms with van der Waals surface area (Å²) in [7, 11) is 2.14. The van der Waals surface area contributed by atoms with Gasteiger partial charge in [0.25, 0.3) is 5.91 Å². The maximum Gasteiger partial charge on any atom is 0.261 e. The van der Waals surface area contributed by atoms with Gasteiger partial charge in [-0.05, 0) is 31.5 Å². The van der Waals surface area contributed by atoms with Crippen LogP contribution in [0.15, 0.2) is 36.7 Å². The Hall–Kier alpha value is -2.51. The first-order chi connectivity index (χ1) is 13.6. The summed E-state index contributed by atoms with van der Waals surface area (Å²) >= 11 is 1.46. The zero-order valence-corrected chi connectivity index (χ0v) is 17.1. The predicted octanol–water partition coefficient (Wildman–Crippen LogP) is 2.72. The molecule has 0 spiro atoms. The summed E-state index contributed by atoms with van der Waals surface area (Å²) < 4.78 is 0. The number of aryl methyl sites for hydroxylation is 1. The Morgan fingerprint density at radius 3 is 2.64 bits per heavy atom. The van der Waals surface area contributed by atoms with Crippen LogP contribution in [0, 0.1) is 6.92 Å². The topological polar surface area (TPSA) is 61.4 Å². The summed E-state index contributed by atoms with van der Waals surface area (Å²) in [4.78, 5) is 28.0. The van der Waals surface area contributed by atoms with Crippen LogP contribution in [-0.4, -0.2) is 60.5 Å². The third kappa shape index (κ3) is 3.86. The number of fused-ring (bicyclic) bond motifs is 1. The van der Waals surface area contributed by atoms with E-state index in [1.807, 2.05) is 25.1 Å². The SMILES string of the molecule is Cc1c(C(=O)NCCc2ccccc2)sc2ncnc(N3CCN(C)CC3)c12. The summed E-state index contributed by atoms with van der Waals surface area (Å²) in [5, 5.41) is 4.08. The maximum absolute atomic E-state index is 12.8. The van der Waals surface area contributed by atoms with Crippen molar-refractivity contribution >= 4 is 33.3 Å². The largest absolute Gasteiger partial charge is 0.353 e. The van der Waals surface area contributed by atoms with Crippen LogP contribution in [0.3, 0.4) is 0 Å². The van der Waals surface area contributed by atoms with Gasteiger partial charge in [0.2, 0.25) is 0 Å². The lowest BCUT2D eigenvalue weighted by Crippen LogP contribution is -2.44. The van der Waals surface area contributed by atoms with E-state index in [4.69, 9.17) is 0 Å². The number of carbonyl (C=O) groups is 1. The summed E-state index contributed by atoms with van der Waals surface area (Å²) in [6.07, 6.45) is 2.44. The number of carbonyl (C=O) groups excluding carboxylic acids is 1. The molecular weight excluding hydrogens is 370 g/mol. The fourth-order valence-electron chi connectivity index (χ4n) is 3.57. The van der Waals surface area contributed by atoms with E-state index >= 15 is 0 Å². The van der Waals surface area contributed by atoms with E-state index in [0.29, 0.717) is 6.54 Å². The lowest BCUT2D eigenvalue weighted by atomic mass is 10.1. The van der Waals surface area contributed by atoms with Gasteiger partial charge in [-0.1, -0.05) is 30.3 Å². The molecule has 0 saturated carbocycles. The monoisotopic (exact) mass is 395 g/mol. The molecular formula is C21H25N5OS. The zero-order chi connectivity index (χ0) is 19.5. The number of likely N-dealkylation sites (N-methyl/N-ethyl adjacent to an activating group) is 1. The fraction of sp³-hybridized carbons (Fsp3) is 0.381. The highest BCUT2D eigenvalue weighted by Crippen LogP contribution is 2.35. The molecule has 0 aliphatic carbocycles. The smallest absolute Gasteiger partial charge is 0.261 e. The quantitative estimate of drug-likeness (QED) is 0.720. The molecule has 4 rings (SSSR count). The standard InChI is InChI=1S/C21H25N5OS/c1-15-17-19(26-12-10-25(2)11-13-26)23-14-24-21(17)28-18(15)20(27)22-9-8-16-6-4-3-5-7-16/h3-7,14H,8-13H2,1-2H3,(H,22,27). The van der Waals surface area contributed by atoms with Crippen molar-refractivity contribution in [1.29, 1.82) is 0 Å². The van der Waals surface area contributed by atoms with Crippen molar-refractivity contribution in [2.75, 3.05) is 44.7 Å². The number of hydrogen-bond donors (Lipinski definition) is 1. The van der Waals surface area contributed by atoms with Crippen molar-refractivity contribution in [1.82, 2.24) is 20.2 Å². The summed E-state index contributed by atoms with van der Waals surface area (Å²) in [5.74, 6) is 0.927. The van der Waals surface area contributed by atoms with E-state index < -0.39 is 0 Å². The predicted molar refractivity (Wildman–Crippen MR) is 114 cm³/mol. The van der Waals surface area contributed by atoms with E-state index in [9.17, 15) is 4.79 Å². The Morgan fingerprint density at radius 2 is 1.89 bits per heavy atom. The molecule has 1 saturated heterocycles. The van der Waals surface area contributed by atoms with Crippen LogP contribution >= 0.6 is 11.3 Å². The van der Waals surface area contributed by atoms with Crippen LogP contribution in [0.5, 0.6) is 0 Å². The van der Waals surface area contributed by atoms with Gasteiger partial charge < -0.3 is 15.1 Å². The Labute approximate surface area is 169 Å². The molecule has 1 aromatic carbocycles. The average Bonchev–Trinajstić information content (AvgIpc) is 3.06. The Balaban J connectivity index is 1.52. The number of rotatable bonds is 5. The van der Waals surface area contributed by atoms with E-state index in [-0.39, 0.29) is 5.91 Å². The average molecular weight is 396 g/mol. The van der Waals surface area contributed by atoms with Crippen molar-refractivity contribution in [2.24, 2.45) is 0 Å². The number of nitrogens with zero attached hydrogens (tertiary/aromatic N) is 4. The molecule has 0 atom stereocenters. The van der Waals surface area contributed by atoms with Crippen LogP contribution in [0.25, 0.3) is 10.2 Å². The van der Waals surface area contributed by atoms with Gasteiger partial charge in [0.15, 0.2) is 0 Å². The second-order valence-corrected chi connectivity index (χ2v) is 8.21. The molecule has 0 radical (unpaired) electrons. The number of aromatic nitrogens is 2. The highest BCUT2D eigenvalue weighted by Gasteiger charge is 2.23. The summed E-state index contributed by atoms with van der Waals surface area (Å²) in [6, 6.07) is 10.2. The Kier molecular flexibility index (Phi) is 5.54. The number of amides is 1. The summed E-state index contributed by atoms with van der Waals surface area (Å²) in [5.41, 5.74) is 2.20. The van der Waals surface area contributed by atoms with Crippen LogP contribution in [0.1, 0.15) is 20.8 Å². The zero-order valence-electron chi connectivity index (χ0n) is 16.3. The lowest BCUT2D eigenvalue weighted by Gasteiger charge is -2.33. The van der Waals surface area contributed by atoms with Gasteiger partial charge in [0, 0.05) is 32.7 Å². The molecule has 3 aromatic rings. The van der Waals surface area contributed by atoms with Gasteiger partial charge in [0.1, 0.15) is 17.0 Å². The van der Waals surface area contributed by atoms with Crippen molar-refractivity contribution in [3.63, 3.8) is 0 Å². The van der Waals surface area contributed by atoms with Gasteiger partial charge >= 0.3 is 0 Å². The van der Waals surface area contributed by atoms with Crippen molar-refractivity contribution in [3.05, 3.63) is 52.7 Å². The summed E-state index contributed by atoms with van der Waals surface area (Å²) in [6.45, 7) is 6.54. The Bertz CT molecular complexity index is 964. The second kappa shape index (κ2) is 8.24. The van der Waals surface area contributed by atoms with Gasteiger partial charge in [-0.2, -0.15) is 0 Å². The molecule has 1 aliphatic heterocycles. The van der Waals surface area contributed by atoms with Crippen molar-refractivity contribution < 1.29 is 4.79 Å². The number of hydrogen-bond acceptors (Lipinski definition) is 6. The van der Waals surface area contributed by atoms with Gasteiger partial charge in [-0.3, -0.25) is 4.79 Å². The lowest BCUT2D eigenvalue weighted by molar-refractivity contribution is 0.0957. The molecule has 0 unspecified atom stereocenters. The van der Waals surface area contributed by atoms with Crippen LogP contribution in [0.2, 0.25) is 0 Å². The van der Waals surface area contributed by atoms with Crippen molar-refractivity contribution in [3.8, 4) is 0 Å². The Morgan fingerprint density at radius 1 is 1.14 bits per heavy atom. The molecule has 1 aliphatic rings. The molecule has 6 nitrogen and oxygen atoms in total. The molecule has 2 aromatic heterocycles.